The molecule has 5 nitrogen and oxygen atoms in total. The quantitative estimate of drug-likeness (QED) is 0.874. The standard InChI is InChI=1S/C14H24N4O/c1-4-14(5-2)9-11(6-7-19-14)18-13-8-12(15)16-10(3)17-13/h8,11H,4-7,9H2,1-3H3,(H3,15,16,17,18). The van der Waals surface area contributed by atoms with Gasteiger partial charge in [-0.2, -0.15) is 0 Å². The predicted octanol–water partition coefficient (Wildman–Crippen LogP) is 2.52. The zero-order valence-corrected chi connectivity index (χ0v) is 12.1. The normalized spacial score (nSPS) is 22.2. The maximum absolute atomic E-state index is 5.98. The summed E-state index contributed by atoms with van der Waals surface area (Å²) in [6.07, 6.45) is 4.12. The number of ether oxygens (including phenoxy) is 1. The summed E-state index contributed by atoms with van der Waals surface area (Å²) >= 11 is 0. The van der Waals surface area contributed by atoms with Gasteiger partial charge >= 0.3 is 0 Å². The van der Waals surface area contributed by atoms with Crippen molar-refractivity contribution in [1.29, 1.82) is 0 Å². The first kappa shape index (κ1) is 14.1. The molecule has 0 spiro atoms. The Morgan fingerprint density at radius 3 is 2.79 bits per heavy atom. The molecule has 106 valence electrons. The van der Waals surface area contributed by atoms with Crippen LogP contribution in [0, 0.1) is 6.92 Å². The number of nitrogens with one attached hydrogen (secondary N) is 1. The number of rotatable bonds is 4. The molecular formula is C14H24N4O. The zero-order valence-electron chi connectivity index (χ0n) is 12.1. The van der Waals surface area contributed by atoms with Crippen molar-refractivity contribution in [1.82, 2.24) is 9.97 Å². The second kappa shape index (κ2) is 5.74. The molecule has 2 rings (SSSR count). The van der Waals surface area contributed by atoms with Gasteiger partial charge in [0.1, 0.15) is 17.5 Å². The molecular weight excluding hydrogens is 240 g/mol. The van der Waals surface area contributed by atoms with Crippen molar-refractivity contribution in [3.05, 3.63) is 11.9 Å². The Labute approximate surface area is 115 Å². The van der Waals surface area contributed by atoms with Crippen molar-refractivity contribution in [2.45, 2.75) is 58.1 Å². The number of aryl methyl sites for hydroxylation is 1. The first-order valence-electron chi connectivity index (χ1n) is 7.08. The van der Waals surface area contributed by atoms with Crippen LogP contribution in [0.2, 0.25) is 0 Å². The minimum atomic E-state index is 0.0174. The van der Waals surface area contributed by atoms with Crippen LogP contribution in [0.15, 0.2) is 6.07 Å². The zero-order chi connectivity index (χ0) is 13.9. The first-order chi connectivity index (χ1) is 9.07. The van der Waals surface area contributed by atoms with E-state index in [-0.39, 0.29) is 5.60 Å². The third-order valence-electron chi connectivity index (χ3n) is 3.99. The van der Waals surface area contributed by atoms with E-state index in [1.165, 1.54) is 0 Å². The van der Waals surface area contributed by atoms with E-state index >= 15 is 0 Å². The van der Waals surface area contributed by atoms with Gasteiger partial charge in [-0.3, -0.25) is 0 Å². The van der Waals surface area contributed by atoms with E-state index in [1.54, 1.807) is 6.07 Å². The summed E-state index contributed by atoms with van der Waals surface area (Å²) < 4.78 is 5.98. The monoisotopic (exact) mass is 264 g/mol. The fourth-order valence-corrected chi connectivity index (χ4v) is 2.77. The van der Waals surface area contributed by atoms with Gasteiger partial charge in [0, 0.05) is 18.7 Å². The molecule has 1 aromatic rings. The van der Waals surface area contributed by atoms with Crippen LogP contribution in [0.4, 0.5) is 11.6 Å². The van der Waals surface area contributed by atoms with E-state index in [9.17, 15) is 0 Å². The van der Waals surface area contributed by atoms with Gasteiger partial charge in [-0.15, -0.1) is 0 Å². The first-order valence-corrected chi connectivity index (χ1v) is 7.08. The summed E-state index contributed by atoms with van der Waals surface area (Å²) in [4.78, 5) is 8.47. The van der Waals surface area contributed by atoms with E-state index in [1.807, 2.05) is 6.92 Å². The maximum Gasteiger partial charge on any atom is 0.132 e. The Balaban J connectivity index is 2.06. The third-order valence-corrected chi connectivity index (χ3v) is 3.99. The van der Waals surface area contributed by atoms with E-state index in [0.29, 0.717) is 17.7 Å². The minimum absolute atomic E-state index is 0.0174. The van der Waals surface area contributed by atoms with Crippen molar-refractivity contribution in [3.63, 3.8) is 0 Å². The summed E-state index contributed by atoms with van der Waals surface area (Å²) in [7, 11) is 0. The fourth-order valence-electron chi connectivity index (χ4n) is 2.77. The number of hydrogen-bond donors (Lipinski definition) is 2. The molecule has 0 aromatic carbocycles. The summed E-state index contributed by atoms with van der Waals surface area (Å²) in [5.74, 6) is 2.03. The highest BCUT2D eigenvalue weighted by Crippen LogP contribution is 2.32. The average molecular weight is 264 g/mol. The Morgan fingerprint density at radius 2 is 2.16 bits per heavy atom. The number of aromatic nitrogens is 2. The molecule has 0 bridgehead atoms. The number of anilines is 2. The van der Waals surface area contributed by atoms with Crippen LogP contribution in [-0.4, -0.2) is 28.2 Å². The second-order valence-corrected chi connectivity index (χ2v) is 5.30. The van der Waals surface area contributed by atoms with Gasteiger partial charge < -0.3 is 15.8 Å². The van der Waals surface area contributed by atoms with E-state index in [4.69, 9.17) is 10.5 Å². The molecule has 5 heteroatoms. The van der Waals surface area contributed by atoms with Gasteiger partial charge in [0.15, 0.2) is 0 Å². The summed E-state index contributed by atoms with van der Waals surface area (Å²) in [5, 5.41) is 3.47. The molecule has 0 saturated carbocycles. The summed E-state index contributed by atoms with van der Waals surface area (Å²) in [6.45, 7) is 7.05. The summed E-state index contributed by atoms with van der Waals surface area (Å²) in [6, 6.07) is 2.18. The lowest BCUT2D eigenvalue weighted by atomic mass is 9.86. The van der Waals surface area contributed by atoms with E-state index < -0.39 is 0 Å². The van der Waals surface area contributed by atoms with Gasteiger partial charge in [-0.1, -0.05) is 13.8 Å². The Morgan fingerprint density at radius 1 is 1.42 bits per heavy atom. The number of hydrogen-bond acceptors (Lipinski definition) is 5. The number of nitrogens with zero attached hydrogens (tertiary/aromatic N) is 2. The van der Waals surface area contributed by atoms with E-state index in [2.05, 4.69) is 29.1 Å². The fraction of sp³-hybridized carbons (Fsp3) is 0.714. The van der Waals surface area contributed by atoms with Crippen LogP contribution in [0.5, 0.6) is 0 Å². The predicted molar refractivity (Wildman–Crippen MR) is 77.1 cm³/mol. The van der Waals surface area contributed by atoms with Crippen LogP contribution in [0.1, 0.15) is 45.4 Å². The minimum Gasteiger partial charge on any atom is -0.384 e. The van der Waals surface area contributed by atoms with Crippen LogP contribution in [0.25, 0.3) is 0 Å². The third kappa shape index (κ3) is 3.35. The van der Waals surface area contributed by atoms with Crippen LogP contribution >= 0.6 is 0 Å². The van der Waals surface area contributed by atoms with E-state index in [0.717, 1.165) is 38.1 Å². The van der Waals surface area contributed by atoms with Crippen molar-refractivity contribution in [3.8, 4) is 0 Å². The molecule has 1 aliphatic rings. The van der Waals surface area contributed by atoms with Crippen LogP contribution < -0.4 is 11.1 Å². The van der Waals surface area contributed by atoms with Crippen molar-refractivity contribution in [2.75, 3.05) is 17.7 Å². The van der Waals surface area contributed by atoms with Gasteiger partial charge in [0.05, 0.1) is 5.60 Å². The second-order valence-electron chi connectivity index (χ2n) is 5.30. The van der Waals surface area contributed by atoms with Gasteiger partial charge in [-0.05, 0) is 32.6 Å². The van der Waals surface area contributed by atoms with Crippen LogP contribution in [-0.2, 0) is 4.74 Å². The molecule has 2 heterocycles. The Bertz CT molecular complexity index is 411. The Hall–Kier alpha value is -1.36. The topological polar surface area (TPSA) is 73.1 Å². The molecule has 1 aromatic heterocycles. The van der Waals surface area contributed by atoms with Crippen molar-refractivity contribution < 1.29 is 4.74 Å². The molecule has 3 N–H and O–H groups in total. The van der Waals surface area contributed by atoms with Gasteiger partial charge in [0.25, 0.3) is 0 Å². The Kier molecular flexibility index (Phi) is 4.24. The lowest BCUT2D eigenvalue weighted by Gasteiger charge is -2.40. The van der Waals surface area contributed by atoms with Crippen molar-refractivity contribution >= 4 is 11.6 Å². The molecule has 0 aliphatic carbocycles. The molecule has 19 heavy (non-hydrogen) atoms. The molecule has 1 saturated heterocycles. The highest BCUT2D eigenvalue weighted by Gasteiger charge is 2.34. The smallest absolute Gasteiger partial charge is 0.132 e. The number of nitrogens with two attached hydrogens (primary N) is 1. The molecule has 1 unspecified atom stereocenters. The molecule has 0 radical (unpaired) electrons. The van der Waals surface area contributed by atoms with Gasteiger partial charge in [0.2, 0.25) is 0 Å². The highest BCUT2D eigenvalue weighted by molar-refractivity contribution is 5.45. The highest BCUT2D eigenvalue weighted by atomic mass is 16.5. The number of nitrogen functional groups attached to an aromatic ring is 1. The maximum atomic E-state index is 5.98. The SMILES string of the molecule is CCC1(CC)CC(Nc2cc(N)nc(C)n2)CCO1. The molecule has 0 amide bonds. The molecule has 1 fully saturated rings. The lowest BCUT2D eigenvalue weighted by Crippen LogP contribution is -2.43. The summed E-state index contributed by atoms with van der Waals surface area (Å²) in [5.41, 5.74) is 5.77. The van der Waals surface area contributed by atoms with Gasteiger partial charge in [-0.25, -0.2) is 9.97 Å². The van der Waals surface area contributed by atoms with Crippen LogP contribution in [0.3, 0.4) is 0 Å². The largest absolute Gasteiger partial charge is 0.384 e. The lowest BCUT2D eigenvalue weighted by molar-refractivity contribution is -0.0864. The van der Waals surface area contributed by atoms with Crippen molar-refractivity contribution in [2.24, 2.45) is 0 Å². The average Bonchev–Trinajstić information content (AvgIpc) is 2.37. The molecule has 1 aliphatic heterocycles. The molecule has 1 atom stereocenters.